The molecule has 2 rings (SSSR count). The van der Waals surface area contributed by atoms with Crippen LogP contribution in [0.4, 0.5) is 5.69 Å². The predicted molar refractivity (Wildman–Crippen MR) is 76.6 cm³/mol. The molecular formula is C14H16N2O2S. The Morgan fingerprint density at radius 2 is 2.11 bits per heavy atom. The maximum atomic E-state index is 10.5. The molecule has 1 aromatic carbocycles. The number of anilines is 1. The lowest BCUT2D eigenvalue weighted by Gasteiger charge is -2.05. The molecule has 1 heterocycles. The Balaban J connectivity index is 1.86. The van der Waals surface area contributed by atoms with Crippen LogP contribution in [0.5, 0.6) is 0 Å². The Labute approximate surface area is 116 Å². The quantitative estimate of drug-likeness (QED) is 0.851. The van der Waals surface area contributed by atoms with Crippen LogP contribution in [-0.4, -0.2) is 16.1 Å². The molecule has 0 aliphatic rings. The molecule has 0 saturated heterocycles. The number of aliphatic carboxylic acids is 1. The van der Waals surface area contributed by atoms with Crippen LogP contribution >= 0.6 is 11.3 Å². The molecule has 0 unspecified atom stereocenters. The van der Waals surface area contributed by atoms with E-state index in [2.05, 4.69) is 10.3 Å². The molecule has 0 bridgehead atoms. The van der Waals surface area contributed by atoms with Gasteiger partial charge in [-0.25, -0.2) is 4.98 Å². The van der Waals surface area contributed by atoms with Gasteiger partial charge in [-0.1, -0.05) is 12.1 Å². The minimum Gasteiger partial charge on any atom is -0.481 e. The average Bonchev–Trinajstić information content (AvgIpc) is 2.81. The van der Waals surface area contributed by atoms with Crippen molar-refractivity contribution in [2.24, 2.45) is 0 Å². The van der Waals surface area contributed by atoms with Crippen molar-refractivity contribution >= 4 is 23.0 Å². The van der Waals surface area contributed by atoms with Crippen LogP contribution < -0.4 is 5.32 Å². The van der Waals surface area contributed by atoms with Crippen molar-refractivity contribution in [2.75, 3.05) is 5.32 Å². The Hall–Kier alpha value is -1.88. The normalized spacial score (nSPS) is 10.4. The summed E-state index contributed by atoms with van der Waals surface area (Å²) in [6, 6.07) is 7.85. The number of benzene rings is 1. The zero-order valence-electron chi connectivity index (χ0n) is 10.7. The van der Waals surface area contributed by atoms with E-state index in [4.69, 9.17) is 5.11 Å². The number of carbonyl (C=O) groups is 1. The Morgan fingerprint density at radius 3 is 2.68 bits per heavy atom. The maximum Gasteiger partial charge on any atom is 0.303 e. The van der Waals surface area contributed by atoms with Crippen LogP contribution in [0.2, 0.25) is 0 Å². The maximum absolute atomic E-state index is 10.5. The molecule has 19 heavy (non-hydrogen) atoms. The van der Waals surface area contributed by atoms with Crippen molar-refractivity contribution in [2.45, 2.75) is 26.3 Å². The lowest BCUT2D eigenvalue weighted by Crippen LogP contribution is -2.00. The number of hydrogen-bond donors (Lipinski definition) is 2. The number of nitrogens with one attached hydrogen (secondary N) is 1. The molecule has 100 valence electrons. The van der Waals surface area contributed by atoms with Gasteiger partial charge in [0.25, 0.3) is 0 Å². The SMILES string of the molecule is Cc1cnc(CNc2ccc(CCC(=O)O)cc2)s1. The number of aromatic nitrogens is 1. The van der Waals surface area contributed by atoms with Crippen molar-refractivity contribution in [3.63, 3.8) is 0 Å². The van der Waals surface area contributed by atoms with Crippen LogP contribution in [0.3, 0.4) is 0 Å². The second kappa shape index (κ2) is 6.33. The summed E-state index contributed by atoms with van der Waals surface area (Å²) in [5.74, 6) is -0.763. The number of hydrogen-bond acceptors (Lipinski definition) is 4. The van der Waals surface area contributed by atoms with Gasteiger partial charge in [-0.05, 0) is 31.0 Å². The van der Waals surface area contributed by atoms with Gasteiger partial charge in [0, 0.05) is 23.2 Å². The van der Waals surface area contributed by atoms with E-state index in [1.165, 1.54) is 4.88 Å². The monoisotopic (exact) mass is 276 g/mol. The van der Waals surface area contributed by atoms with Gasteiger partial charge in [0.05, 0.1) is 6.54 Å². The predicted octanol–water partition coefficient (Wildman–Crippen LogP) is 3.08. The first kappa shape index (κ1) is 13.5. The van der Waals surface area contributed by atoms with E-state index in [-0.39, 0.29) is 6.42 Å². The molecule has 0 radical (unpaired) electrons. The van der Waals surface area contributed by atoms with Gasteiger partial charge in [0.1, 0.15) is 5.01 Å². The highest BCUT2D eigenvalue weighted by atomic mass is 32.1. The minimum absolute atomic E-state index is 0.172. The Bertz CT molecular complexity index is 549. The minimum atomic E-state index is -0.763. The van der Waals surface area contributed by atoms with E-state index in [0.29, 0.717) is 13.0 Å². The van der Waals surface area contributed by atoms with Crippen molar-refractivity contribution in [1.82, 2.24) is 4.98 Å². The third kappa shape index (κ3) is 4.37. The molecule has 0 aliphatic carbocycles. The number of nitrogens with zero attached hydrogens (tertiary/aromatic N) is 1. The highest BCUT2D eigenvalue weighted by Gasteiger charge is 2.01. The fourth-order valence-corrected chi connectivity index (χ4v) is 2.43. The van der Waals surface area contributed by atoms with Gasteiger partial charge >= 0.3 is 5.97 Å². The fraction of sp³-hybridized carbons (Fsp3) is 0.286. The van der Waals surface area contributed by atoms with E-state index in [1.54, 1.807) is 11.3 Å². The summed E-state index contributed by atoms with van der Waals surface area (Å²) in [5.41, 5.74) is 2.06. The van der Waals surface area contributed by atoms with Crippen molar-refractivity contribution in [3.05, 3.63) is 45.9 Å². The van der Waals surface area contributed by atoms with E-state index < -0.39 is 5.97 Å². The van der Waals surface area contributed by atoms with Crippen molar-refractivity contribution < 1.29 is 9.90 Å². The van der Waals surface area contributed by atoms with Crippen LogP contribution in [0.1, 0.15) is 21.9 Å². The Morgan fingerprint density at radius 1 is 1.37 bits per heavy atom. The van der Waals surface area contributed by atoms with Crippen LogP contribution in [0.15, 0.2) is 30.5 Å². The third-order valence-corrected chi connectivity index (χ3v) is 3.61. The fourth-order valence-electron chi connectivity index (χ4n) is 1.70. The molecule has 0 spiro atoms. The second-order valence-corrected chi connectivity index (χ2v) is 5.63. The summed E-state index contributed by atoms with van der Waals surface area (Å²) in [7, 11) is 0. The number of carboxylic acids is 1. The summed E-state index contributed by atoms with van der Waals surface area (Å²) in [6.07, 6.45) is 2.61. The van der Waals surface area contributed by atoms with E-state index in [1.807, 2.05) is 37.4 Å². The zero-order valence-corrected chi connectivity index (χ0v) is 11.5. The molecule has 4 nitrogen and oxygen atoms in total. The summed E-state index contributed by atoms with van der Waals surface area (Å²) < 4.78 is 0. The second-order valence-electron chi connectivity index (χ2n) is 4.31. The molecule has 2 aromatic rings. The molecule has 0 atom stereocenters. The molecule has 5 heteroatoms. The molecule has 0 amide bonds. The molecule has 2 N–H and O–H groups in total. The van der Waals surface area contributed by atoms with Crippen LogP contribution in [0.25, 0.3) is 0 Å². The lowest BCUT2D eigenvalue weighted by molar-refractivity contribution is -0.136. The zero-order chi connectivity index (χ0) is 13.7. The number of carboxylic acid groups (broad SMARTS) is 1. The number of thiazole rings is 1. The highest BCUT2D eigenvalue weighted by Crippen LogP contribution is 2.15. The molecule has 0 saturated carbocycles. The van der Waals surface area contributed by atoms with Gasteiger partial charge in [-0.2, -0.15) is 0 Å². The van der Waals surface area contributed by atoms with Gasteiger partial charge < -0.3 is 10.4 Å². The standard InChI is InChI=1S/C14H16N2O2S/c1-10-8-16-13(19-10)9-15-12-5-2-11(3-6-12)4-7-14(17)18/h2-3,5-6,8,15H,4,7,9H2,1H3,(H,17,18). The largest absolute Gasteiger partial charge is 0.481 e. The summed E-state index contributed by atoms with van der Waals surface area (Å²) in [4.78, 5) is 16.0. The lowest BCUT2D eigenvalue weighted by atomic mass is 10.1. The number of aryl methyl sites for hydroxylation is 2. The molecular weight excluding hydrogens is 260 g/mol. The summed E-state index contributed by atoms with van der Waals surface area (Å²) >= 11 is 1.68. The van der Waals surface area contributed by atoms with Crippen molar-refractivity contribution in [1.29, 1.82) is 0 Å². The van der Waals surface area contributed by atoms with E-state index in [0.717, 1.165) is 16.3 Å². The summed E-state index contributed by atoms with van der Waals surface area (Å²) in [5, 5.41) is 13.0. The molecule has 1 aromatic heterocycles. The van der Waals surface area contributed by atoms with Crippen LogP contribution in [0, 0.1) is 6.92 Å². The Kier molecular flexibility index (Phi) is 4.52. The molecule has 0 aliphatic heterocycles. The first-order chi connectivity index (χ1) is 9.13. The average molecular weight is 276 g/mol. The molecule has 0 fully saturated rings. The van der Waals surface area contributed by atoms with E-state index in [9.17, 15) is 4.79 Å². The number of rotatable bonds is 6. The summed E-state index contributed by atoms with van der Waals surface area (Å²) in [6.45, 7) is 2.76. The first-order valence-electron chi connectivity index (χ1n) is 6.09. The van der Waals surface area contributed by atoms with Gasteiger partial charge in [0.2, 0.25) is 0 Å². The van der Waals surface area contributed by atoms with Gasteiger partial charge in [-0.15, -0.1) is 11.3 Å². The topological polar surface area (TPSA) is 62.2 Å². The first-order valence-corrected chi connectivity index (χ1v) is 6.91. The van der Waals surface area contributed by atoms with Crippen LogP contribution in [-0.2, 0) is 17.8 Å². The smallest absolute Gasteiger partial charge is 0.303 e. The van der Waals surface area contributed by atoms with Gasteiger partial charge in [-0.3, -0.25) is 4.79 Å². The van der Waals surface area contributed by atoms with E-state index >= 15 is 0 Å². The van der Waals surface area contributed by atoms with Crippen molar-refractivity contribution in [3.8, 4) is 0 Å². The van der Waals surface area contributed by atoms with Gasteiger partial charge in [0.15, 0.2) is 0 Å². The highest BCUT2D eigenvalue weighted by molar-refractivity contribution is 7.11. The third-order valence-electron chi connectivity index (χ3n) is 2.69.